The second kappa shape index (κ2) is 7.95. The highest BCUT2D eigenvalue weighted by atomic mass is 16.6. The minimum Gasteiger partial charge on any atom is -0.461 e. The van der Waals surface area contributed by atoms with E-state index in [-0.39, 0.29) is 29.3 Å². The number of piperazine rings is 1. The van der Waals surface area contributed by atoms with E-state index in [4.69, 9.17) is 4.74 Å². The number of allylic oxidation sites excluding steroid dienone is 1. The zero-order valence-corrected chi connectivity index (χ0v) is 19.6. The van der Waals surface area contributed by atoms with Gasteiger partial charge in [0, 0.05) is 43.8 Å². The van der Waals surface area contributed by atoms with Gasteiger partial charge in [-0.2, -0.15) is 0 Å². The van der Waals surface area contributed by atoms with E-state index in [0.29, 0.717) is 12.0 Å². The molecule has 1 aromatic carbocycles. The van der Waals surface area contributed by atoms with Crippen molar-refractivity contribution in [1.82, 2.24) is 4.90 Å². The number of nitrogens with zero attached hydrogens (tertiary/aromatic N) is 2. The summed E-state index contributed by atoms with van der Waals surface area (Å²) in [4.78, 5) is 17.9. The lowest BCUT2D eigenvalue weighted by Gasteiger charge is -2.46. The van der Waals surface area contributed by atoms with Crippen molar-refractivity contribution in [2.24, 2.45) is 23.2 Å². The zero-order chi connectivity index (χ0) is 21.8. The van der Waals surface area contributed by atoms with Crippen molar-refractivity contribution in [1.29, 1.82) is 0 Å². The average molecular weight is 423 g/mol. The molecule has 2 heterocycles. The summed E-state index contributed by atoms with van der Waals surface area (Å²) in [6.45, 7) is 13.1. The van der Waals surface area contributed by atoms with E-state index in [9.17, 15) is 4.79 Å². The first-order valence-corrected chi connectivity index (χ1v) is 12.3. The van der Waals surface area contributed by atoms with Crippen LogP contribution in [-0.2, 0) is 9.53 Å². The molecule has 0 unspecified atom stereocenters. The minimum atomic E-state index is -0.00565. The van der Waals surface area contributed by atoms with Crippen LogP contribution >= 0.6 is 0 Å². The summed E-state index contributed by atoms with van der Waals surface area (Å²) >= 11 is 0. The number of rotatable bonds is 3. The summed E-state index contributed by atoms with van der Waals surface area (Å²) in [5.41, 5.74) is 4.47. The van der Waals surface area contributed by atoms with E-state index in [0.717, 1.165) is 32.6 Å². The van der Waals surface area contributed by atoms with E-state index in [1.165, 1.54) is 30.5 Å². The molecule has 2 saturated heterocycles. The topological polar surface area (TPSA) is 32.8 Å². The van der Waals surface area contributed by atoms with Crippen LogP contribution in [-0.4, -0.2) is 49.2 Å². The highest BCUT2D eigenvalue weighted by Gasteiger charge is 2.52. The molecule has 1 aromatic rings. The van der Waals surface area contributed by atoms with Crippen LogP contribution in [0.25, 0.3) is 0 Å². The largest absolute Gasteiger partial charge is 0.461 e. The quantitative estimate of drug-likeness (QED) is 0.516. The number of aryl methyl sites for hydroxylation is 1. The third-order valence-electron chi connectivity index (χ3n) is 8.58. The summed E-state index contributed by atoms with van der Waals surface area (Å²) in [5, 5.41) is 0. The van der Waals surface area contributed by atoms with Gasteiger partial charge < -0.3 is 9.64 Å². The Morgan fingerprint density at radius 2 is 2.06 bits per heavy atom. The predicted octanol–water partition coefficient (Wildman–Crippen LogP) is 4.82. The summed E-state index contributed by atoms with van der Waals surface area (Å²) in [6, 6.07) is 9.24. The number of ether oxygens (including phenoxy) is 1. The fourth-order valence-corrected chi connectivity index (χ4v) is 6.93. The number of hydrogen-bond donors (Lipinski definition) is 0. The van der Waals surface area contributed by atoms with Crippen LogP contribution < -0.4 is 4.90 Å². The first-order valence-electron chi connectivity index (χ1n) is 12.3. The van der Waals surface area contributed by atoms with E-state index in [2.05, 4.69) is 67.8 Å². The fraction of sp³-hybridized carbons (Fsp3) is 0.667. The maximum atomic E-state index is 12.9. The van der Waals surface area contributed by atoms with Gasteiger partial charge in [-0.1, -0.05) is 44.1 Å². The molecule has 3 fully saturated rings. The van der Waals surface area contributed by atoms with Crippen LogP contribution in [0, 0.1) is 30.1 Å². The molecular formula is C27H38N2O2. The molecule has 2 aliphatic carbocycles. The van der Waals surface area contributed by atoms with Crippen molar-refractivity contribution in [2.45, 2.75) is 65.5 Å². The molecule has 0 bridgehead atoms. The van der Waals surface area contributed by atoms with Gasteiger partial charge in [0.2, 0.25) is 0 Å². The maximum Gasteiger partial charge on any atom is 0.311 e. The van der Waals surface area contributed by atoms with Gasteiger partial charge in [-0.15, -0.1) is 0 Å². The highest BCUT2D eigenvalue weighted by Crippen LogP contribution is 2.54. The van der Waals surface area contributed by atoms with E-state index in [1.54, 1.807) is 5.57 Å². The van der Waals surface area contributed by atoms with Crippen LogP contribution in [0.5, 0.6) is 0 Å². The van der Waals surface area contributed by atoms with Crippen molar-refractivity contribution in [3.8, 4) is 0 Å². The number of hydrogen-bond acceptors (Lipinski definition) is 4. The van der Waals surface area contributed by atoms with E-state index in [1.807, 2.05) is 0 Å². The Bertz CT molecular complexity index is 880. The number of carbonyl (C=O) groups is 1. The molecule has 168 valence electrons. The maximum absolute atomic E-state index is 12.9. The van der Waals surface area contributed by atoms with Gasteiger partial charge in [0.25, 0.3) is 0 Å². The first kappa shape index (κ1) is 21.1. The standard InChI is InChI=1S/C27H38N2O2/c1-18-7-5-9-21(13-18)29-12-11-28(16-20(29)3)17-23-22-14-24-19(2)8-6-10-27(24,4)15-25(22)31-26(23)30/h5,7,9,13-14,19-20,22-23,25H,6,8,10-12,15-17H2,1-4H3/t19-,20+,22+,23+,25+,27+/m0/s1. The lowest BCUT2D eigenvalue weighted by molar-refractivity contribution is -0.145. The smallest absolute Gasteiger partial charge is 0.311 e. The fourth-order valence-electron chi connectivity index (χ4n) is 6.93. The van der Waals surface area contributed by atoms with E-state index >= 15 is 0 Å². The van der Waals surface area contributed by atoms with Crippen LogP contribution in [0.3, 0.4) is 0 Å². The van der Waals surface area contributed by atoms with Gasteiger partial charge in [0.05, 0.1) is 5.92 Å². The molecule has 0 amide bonds. The van der Waals surface area contributed by atoms with Crippen LogP contribution in [0.15, 0.2) is 35.9 Å². The minimum absolute atomic E-state index is 0.00565. The Labute approximate surface area is 187 Å². The van der Waals surface area contributed by atoms with Crippen LogP contribution in [0.2, 0.25) is 0 Å². The Hall–Kier alpha value is -1.81. The lowest BCUT2D eigenvalue weighted by atomic mass is 9.59. The van der Waals surface area contributed by atoms with Gasteiger partial charge in [-0.3, -0.25) is 9.69 Å². The summed E-state index contributed by atoms with van der Waals surface area (Å²) in [5.74, 6) is 0.944. The van der Waals surface area contributed by atoms with Gasteiger partial charge in [-0.25, -0.2) is 0 Å². The monoisotopic (exact) mass is 422 g/mol. The van der Waals surface area contributed by atoms with Crippen molar-refractivity contribution >= 4 is 11.7 Å². The molecule has 4 heteroatoms. The summed E-state index contributed by atoms with van der Waals surface area (Å²) in [7, 11) is 0. The van der Waals surface area contributed by atoms with Crippen molar-refractivity contribution < 1.29 is 9.53 Å². The Morgan fingerprint density at radius 3 is 2.84 bits per heavy atom. The molecule has 0 radical (unpaired) electrons. The number of fused-ring (bicyclic) bond motifs is 2. The normalized spacial score (nSPS) is 38.3. The van der Waals surface area contributed by atoms with Gasteiger partial charge in [0.1, 0.15) is 6.10 Å². The number of benzene rings is 1. The van der Waals surface area contributed by atoms with Crippen LogP contribution in [0.1, 0.15) is 52.0 Å². The SMILES string of the molecule is Cc1cccc(N2CCN(C[C@H]3C(=O)O[C@@H]4C[C@@]5(C)CCC[C@H](C)C5=C[C@@H]43)C[C@H]2C)c1. The first-order chi connectivity index (χ1) is 14.8. The Balaban J connectivity index is 1.29. The molecule has 4 aliphatic rings. The molecular weight excluding hydrogens is 384 g/mol. The second-order valence-corrected chi connectivity index (χ2v) is 11.0. The number of anilines is 1. The second-order valence-electron chi connectivity index (χ2n) is 11.0. The summed E-state index contributed by atoms with van der Waals surface area (Å²) in [6.07, 6.45) is 7.42. The molecule has 0 aromatic heterocycles. The molecule has 31 heavy (non-hydrogen) atoms. The Kier molecular flexibility index (Phi) is 5.40. The number of carbonyl (C=O) groups excluding carboxylic acids is 1. The predicted molar refractivity (Wildman–Crippen MR) is 125 cm³/mol. The molecule has 1 saturated carbocycles. The average Bonchev–Trinajstić information content (AvgIpc) is 3.00. The third-order valence-corrected chi connectivity index (χ3v) is 8.58. The summed E-state index contributed by atoms with van der Waals surface area (Å²) < 4.78 is 5.98. The molecule has 2 aliphatic heterocycles. The molecule has 0 N–H and O–H groups in total. The third kappa shape index (κ3) is 3.82. The van der Waals surface area contributed by atoms with Gasteiger partial charge >= 0.3 is 5.97 Å². The Morgan fingerprint density at radius 1 is 1.23 bits per heavy atom. The number of esters is 1. The van der Waals surface area contributed by atoms with E-state index < -0.39 is 0 Å². The van der Waals surface area contributed by atoms with Crippen molar-refractivity contribution in [3.05, 3.63) is 41.5 Å². The van der Waals surface area contributed by atoms with Crippen LogP contribution in [0.4, 0.5) is 5.69 Å². The highest BCUT2D eigenvalue weighted by molar-refractivity contribution is 5.76. The van der Waals surface area contributed by atoms with Crippen molar-refractivity contribution in [3.63, 3.8) is 0 Å². The van der Waals surface area contributed by atoms with Gasteiger partial charge in [-0.05, 0) is 62.1 Å². The molecule has 0 spiro atoms. The molecule has 5 rings (SSSR count). The van der Waals surface area contributed by atoms with Crippen molar-refractivity contribution in [2.75, 3.05) is 31.1 Å². The lowest BCUT2D eigenvalue weighted by Crippen LogP contribution is -2.53. The zero-order valence-electron chi connectivity index (χ0n) is 19.6. The molecule has 4 nitrogen and oxygen atoms in total. The molecule has 6 atom stereocenters. The van der Waals surface area contributed by atoms with Gasteiger partial charge in [0.15, 0.2) is 0 Å².